The Bertz CT molecular complexity index is 568. The lowest BCUT2D eigenvalue weighted by Gasteiger charge is -2.20. The zero-order valence-electron chi connectivity index (χ0n) is 12.9. The van der Waals surface area contributed by atoms with Crippen LogP contribution in [0.3, 0.4) is 0 Å². The van der Waals surface area contributed by atoms with Gasteiger partial charge in [0.1, 0.15) is 10.6 Å². The van der Waals surface area contributed by atoms with Crippen LogP contribution in [-0.4, -0.2) is 41.0 Å². The molecule has 2 heterocycles. The molecule has 0 atom stereocenters. The van der Waals surface area contributed by atoms with E-state index in [4.69, 9.17) is 5.84 Å². The van der Waals surface area contributed by atoms with Gasteiger partial charge in [0.15, 0.2) is 0 Å². The van der Waals surface area contributed by atoms with Crippen LogP contribution in [0.15, 0.2) is 11.4 Å². The second-order valence-electron chi connectivity index (χ2n) is 5.39. The van der Waals surface area contributed by atoms with E-state index in [1.165, 1.54) is 6.42 Å². The molecule has 2 aromatic heterocycles. The monoisotopic (exact) mass is 308 g/mol. The third-order valence-corrected chi connectivity index (χ3v) is 4.37. The van der Waals surface area contributed by atoms with Crippen molar-refractivity contribution in [3.8, 4) is 0 Å². The van der Waals surface area contributed by atoms with E-state index in [1.54, 1.807) is 11.3 Å². The van der Waals surface area contributed by atoms with Gasteiger partial charge in [0.25, 0.3) is 0 Å². The van der Waals surface area contributed by atoms with Crippen molar-refractivity contribution in [2.75, 3.05) is 30.9 Å². The minimum atomic E-state index is 0.451. The van der Waals surface area contributed by atoms with Gasteiger partial charge in [-0.2, -0.15) is 4.98 Å². The number of nitrogens with two attached hydrogens (primary N) is 1. The van der Waals surface area contributed by atoms with Gasteiger partial charge in [-0.3, -0.25) is 5.43 Å². The zero-order chi connectivity index (χ0) is 15.2. The molecule has 0 fully saturated rings. The number of hydrogen-bond acceptors (Lipinski definition) is 7. The zero-order valence-corrected chi connectivity index (χ0v) is 13.7. The molecule has 0 saturated carbocycles. The standard InChI is InChI=1S/C14H24N6S/c1-10(2)20(3)8-5-4-7-16-12-11-6-9-21-13(11)18-14(17-12)19-15/h6,9-10H,4-5,7-8,15H2,1-3H3,(H2,16,17,18,19). The summed E-state index contributed by atoms with van der Waals surface area (Å²) in [6, 6.07) is 2.64. The van der Waals surface area contributed by atoms with E-state index in [1.807, 2.05) is 11.4 Å². The third-order valence-electron chi connectivity index (χ3n) is 3.57. The van der Waals surface area contributed by atoms with Gasteiger partial charge in [-0.15, -0.1) is 11.3 Å². The molecule has 21 heavy (non-hydrogen) atoms. The maximum atomic E-state index is 5.41. The van der Waals surface area contributed by atoms with E-state index >= 15 is 0 Å². The van der Waals surface area contributed by atoms with Crippen LogP contribution >= 0.6 is 11.3 Å². The number of fused-ring (bicyclic) bond motifs is 1. The summed E-state index contributed by atoms with van der Waals surface area (Å²) in [4.78, 5) is 12.0. The van der Waals surface area contributed by atoms with E-state index in [-0.39, 0.29) is 0 Å². The predicted octanol–water partition coefficient (Wildman–Crippen LogP) is 2.51. The summed E-state index contributed by atoms with van der Waals surface area (Å²) in [7, 11) is 2.16. The Hall–Kier alpha value is -1.44. The van der Waals surface area contributed by atoms with Gasteiger partial charge in [0, 0.05) is 12.6 Å². The summed E-state index contributed by atoms with van der Waals surface area (Å²) in [5.41, 5.74) is 2.52. The Kier molecular flexibility index (Phi) is 5.72. The van der Waals surface area contributed by atoms with Gasteiger partial charge in [-0.1, -0.05) is 0 Å². The lowest BCUT2D eigenvalue weighted by Crippen LogP contribution is -2.27. The number of unbranched alkanes of at least 4 members (excludes halogenated alkanes) is 1. The van der Waals surface area contributed by atoms with Crippen LogP contribution in [0, 0.1) is 0 Å². The minimum Gasteiger partial charge on any atom is -0.369 e. The molecule has 0 amide bonds. The largest absolute Gasteiger partial charge is 0.369 e. The van der Waals surface area contributed by atoms with Crippen LogP contribution < -0.4 is 16.6 Å². The number of thiophene rings is 1. The van der Waals surface area contributed by atoms with Crippen LogP contribution in [-0.2, 0) is 0 Å². The van der Waals surface area contributed by atoms with Gasteiger partial charge >= 0.3 is 0 Å². The van der Waals surface area contributed by atoms with Crippen LogP contribution in [0.1, 0.15) is 26.7 Å². The molecule has 0 aromatic carbocycles. The first-order valence-electron chi connectivity index (χ1n) is 7.27. The minimum absolute atomic E-state index is 0.451. The molecule has 0 aliphatic carbocycles. The van der Waals surface area contributed by atoms with Gasteiger partial charge < -0.3 is 10.2 Å². The Morgan fingerprint density at radius 2 is 2.14 bits per heavy atom. The summed E-state index contributed by atoms with van der Waals surface area (Å²) in [6.45, 7) is 6.45. The van der Waals surface area contributed by atoms with Gasteiger partial charge in [0.05, 0.1) is 5.39 Å². The summed E-state index contributed by atoms with van der Waals surface area (Å²) < 4.78 is 0. The number of rotatable bonds is 8. The van der Waals surface area contributed by atoms with E-state index in [0.717, 1.165) is 35.5 Å². The van der Waals surface area contributed by atoms with Gasteiger partial charge in [0.2, 0.25) is 5.95 Å². The van der Waals surface area contributed by atoms with Crippen molar-refractivity contribution < 1.29 is 0 Å². The van der Waals surface area contributed by atoms with E-state index in [0.29, 0.717) is 12.0 Å². The van der Waals surface area contributed by atoms with Gasteiger partial charge in [-0.25, -0.2) is 10.8 Å². The van der Waals surface area contributed by atoms with Gasteiger partial charge in [-0.05, 0) is 51.7 Å². The van der Waals surface area contributed by atoms with E-state index in [9.17, 15) is 0 Å². The van der Waals surface area contributed by atoms with Crippen molar-refractivity contribution in [1.82, 2.24) is 14.9 Å². The maximum absolute atomic E-state index is 5.41. The van der Waals surface area contributed by atoms with Crippen LogP contribution in [0.4, 0.5) is 11.8 Å². The molecule has 2 aromatic rings. The molecule has 0 aliphatic heterocycles. The molecular formula is C14H24N6S. The molecule has 4 N–H and O–H groups in total. The molecule has 7 heteroatoms. The number of nitrogen functional groups attached to an aromatic ring is 1. The summed E-state index contributed by atoms with van der Waals surface area (Å²) in [6.07, 6.45) is 2.28. The smallest absolute Gasteiger partial charge is 0.240 e. The highest BCUT2D eigenvalue weighted by Gasteiger charge is 2.08. The molecule has 116 valence electrons. The molecule has 2 rings (SSSR count). The molecular weight excluding hydrogens is 284 g/mol. The number of nitrogens with zero attached hydrogens (tertiary/aromatic N) is 3. The van der Waals surface area contributed by atoms with Crippen LogP contribution in [0.5, 0.6) is 0 Å². The van der Waals surface area contributed by atoms with Crippen molar-refractivity contribution in [3.05, 3.63) is 11.4 Å². The fourth-order valence-corrected chi connectivity index (χ4v) is 2.77. The lowest BCUT2D eigenvalue weighted by molar-refractivity contribution is 0.269. The Balaban J connectivity index is 1.87. The summed E-state index contributed by atoms with van der Waals surface area (Å²) >= 11 is 1.59. The number of hydrogen-bond donors (Lipinski definition) is 3. The SMILES string of the molecule is CC(C)N(C)CCCCNc1nc(NN)nc2sccc12. The first-order chi connectivity index (χ1) is 10.1. The number of hydrazine groups is 1. The highest BCUT2D eigenvalue weighted by molar-refractivity contribution is 7.16. The van der Waals surface area contributed by atoms with Crippen molar-refractivity contribution in [3.63, 3.8) is 0 Å². The predicted molar refractivity (Wildman–Crippen MR) is 90.7 cm³/mol. The molecule has 0 bridgehead atoms. The second-order valence-corrected chi connectivity index (χ2v) is 6.28. The highest BCUT2D eigenvalue weighted by Crippen LogP contribution is 2.26. The topological polar surface area (TPSA) is 79.1 Å². The average Bonchev–Trinajstić information content (AvgIpc) is 2.94. The van der Waals surface area contributed by atoms with Crippen molar-refractivity contribution >= 4 is 33.3 Å². The van der Waals surface area contributed by atoms with E-state index < -0.39 is 0 Å². The fraction of sp³-hybridized carbons (Fsp3) is 0.571. The third kappa shape index (κ3) is 4.26. The lowest BCUT2D eigenvalue weighted by atomic mass is 10.2. The molecule has 0 spiro atoms. The first kappa shape index (κ1) is 15.9. The quantitative estimate of drug-likeness (QED) is 0.395. The van der Waals surface area contributed by atoms with Crippen LogP contribution in [0.2, 0.25) is 0 Å². The van der Waals surface area contributed by atoms with Crippen molar-refractivity contribution in [1.29, 1.82) is 0 Å². The highest BCUT2D eigenvalue weighted by atomic mass is 32.1. The number of nitrogens with one attached hydrogen (secondary N) is 2. The average molecular weight is 308 g/mol. The number of aromatic nitrogens is 2. The van der Waals surface area contributed by atoms with Crippen LogP contribution in [0.25, 0.3) is 10.2 Å². The number of anilines is 2. The Labute approximate surface area is 129 Å². The normalized spacial score (nSPS) is 11.5. The molecule has 0 saturated heterocycles. The fourth-order valence-electron chi connectivity index (χ4n) is 2.01. The summed E-state index contributed by atoms with van der Waals surface area (Å²) in [5.74, 6) is 6.72. The molecule has 0 unspecified atom stereocenters. The molecule has 0 radical (unpaired) electrons. The summed E-state index contributed by atoms with van der Waals surface area (Å²) in [5, 5.41) is 6.46. The van der Waals surface area contributed by atoms with Crippen molar-refractivity contribution in [2.24, 2.45) is 5.84 Å². The first-order valence-corrected chi connectivity index (χ1v) is 8.15. The Morgan fingerprint density at radius 1 is 1.33 bits per heavy atom. The van der Waals surface area contributed by atoms with Crippen molar-refractivity contribution in [2.45, 2.75) is 32.7 Å². The Morgan fingerprint density at radius 3 is 2.86 bits per heavy atom. The molecule has 6 nitrogen and oxygen atoms in total. The maximum Gasteiger partial charge on any atom is 0.240 e. The second kappa shape index (κ2) is 7.53. The van der Waals surface area contributed by atoms with E-state index in [2.05, 4.69) is 46.5 Å². The molecule has 0 aliphatic rings.